The molecule has 0 amide bonds. The fraction of sp³-hybridized carbons (Fsp3) is 0.727. The smallest absolute Gasteiger partial charge is 0.0954 e. The number of likely N-dealkylation sites (N-methyl/N-ethyl adjacent to an activating group) is 1. The van der Waals surface area contributed by atoms with Crippen molar-refractivity contribution in [2.75, 3.05) is 6.54 Å². The first kappa shape index (κ1) is 11.2. The minimum atomic E-state index is 0.455. The van der Waals surface area contributed by atoms with Crippen LogP contribution in [-0.4, -0.2) is 22.1 Å². The molecule has 0 aliphatic rings. The van der Waals surface area contributed by atoms with Crippen LogP contribution in [0.3, 0.4) is 0 Å². The van der Waals surface area contributed by atoms with Gasteiger partial charge in [0.1, 0.15) is 0 Å². The Morgan fingerprint density at radius 1 is 1.43 bits per heavy atom. The van der Waals surface area contributed by atoms with Gasteiger partial charge in [-0.2, -0.15) is 0 Å². The fourth-order valence-electron chi connectivity index (χ4n) is 1.66. The Morgan fingerprint density at radius 2 is 2.07 bits per heavy atom. The second-order valence-electron chi connectivity index (χ2n) is 3.91. The van der Waals surface area contributed by atoms with Crippen LogP contribution in [0.15, 0.2) is 6.33 Å². The van der Waals surface area contributed by atoms with Gasteiger partial charge in [0.15, 0.2) is 0 Å². The lowest BCUT2D eigenvalue weighted by molar-refractivity contribution is 0.394. The summed E-state index contributed by atoms with van der Waals surface area (Å²) in [5.74, 6) is 0. The van der Waals surface area contributed by atoms with E-state index in [2.05, 4.69) is 49.5 Å². The largest absolute Gasteiger partial charge is 0.330 e. The normalized spacial score (nSPS) is 15.5. The maximum atomic E-state index is 4.31. The summed E-state index contributed by atoms with van der Waals surface area (Å²) >= 11 is 0. The molecule has 1 N–H and O–H groups in total. The number of aromatic nitrogens is 2. The van der Waals surface area contributed by atoms with Crippen LogP contribution in [0, 0.1) is 13.8 Å². The SMILES string of the molecule is CCNC(C)C(C)n1cnc(C)c1C. The van der Waals surface area contributed by atoms with Crippen molar-refractivity contribution in [1.82, 2.24) is 14.9 Å². The summed E-state index contributed by atoms with van der Waals surface area (Å²) in [4.78, 5) is 4.31. The Labute approximate surface area is 86.5 Å². The Morgan fingerprint density at radius 3 is 2.50 bits per heavy atom. The molecule has 0 saturated heterocycles. The van der Waals surface area contributed by atoms with Gasteiger partial charge in [-0.3, -0.25) is 0 Å². The average Bonchev–Trinajstić information content (AvgIpc) is 2.47. The van der Waals surface area contributed by atoms with Gasteiger partial charge in [-0.15, -0.1) is 0 Å². The number of hydrogen-bond acceptors (Lipinski definition) is 2. The van der Waals surface area contributed by atoms with Crippen molar-refractivity contribution in [2.24, 2.45) is 0 Å². The van der Waals surface area contributed by atoms with Crippen molar-refractivity contribution in [2.45, 2.75) is 46.7 Å². The lowest BCUT2D eigenvalue weighted by Crippen LogP contribution is -2.33. The zero-order valence-electron chi connectivity index (χ0n) is 9.83. The third kappa shape index (κ3) is 2.15. The van der Waals surface area contributed by atoms with Gasteiger partial charge < -0.3 is 9.88 Å². The van der Waals surface area contributed by atoms with Crippen molar-refractivity contribution in [3.05, 3.63) is 17.7 Å². The van der Waals surface area contributed by atoms with Crippen molar-refractivity contribution < 1.29 is 0 Å². The van der Waals surface area contributed by atoms with Crippen molar-refractivity contribution in [1.29, 1.82) is 0 Å². The summed E-state index contributed by atoms with van der Waals surface area (Å²) in [5, 5.41) is 3.43. The molecular formula is C11H21N3. The number of hydrogen-bond donors (Lipinski definition) is 1. The number of nitrogens with one attached hydrogen (secondary N) is 1. The number of imidazole rings is 1. The highest BCUT2D eigenvalue weighted by Gasteiger charge is 2.15. The molecule has 0 aliphatic heterocycles. The molecule has 3 nitrogen and oxygen atoms in total. The summed E-state index contributed by atoms with van der Waals surface area (Å²) < 4.78 is 2.24. The summed E-state index contributed by atoms with van der Waals surface area (Å²) in [6.45, 7) is 11.8. The maximum absolute atomic E-state index is 4.31. The van der Waals surface area contributed by atoms with Crippen molar-refractivity contribution in [3.63, 3.8) is 0 Å². The van der Waals surface area contributed by atoms with E-state index in [4.69, 9.17) is 0 Å². The van der Waals surface area contributed by atoms with Crippen LogP contribution in [0.4, 0.5) is 0 Å². The highest BCUT2D eigenvalue weighted by Crippen LogP contribution is 2.15. The first-order chi connectivity index (χ1) is 6.57. The van der Waals surface area contributed by atoms with Crippen molar-refractivity contribution >= 4 is 0 Å². The zero-order chi connectivity index (χ0) is 10.7. The fourth-order valence-corrected chi connectivity index (χ4v) is 1.66. The van der Waals surface area contributed by atoms with E-state index in [1.54, 1.807) is 0 Å². The molecule has 0 aliphatic carbocycles. The Hall–Kier alpha value is -0.830. The molecule has 3 heteroatoms. The van der Waals surface area contributed by atoms with E-state index in [0.717, 1.165) is 12.2 Å². The van der Waals surface area contributed by atoms with Gasteiger partial charge in [0.25, 0.3) is 0 Å². The van der Waals surface area contributed by atoms with Crippen LogP contribution in [-0.2, 0) is 0 Å². The molecule has 1 aromatic rings. The van der Waals surface area contributed by atoms with Gasteiger partial charge in [0, 0.05) is 17.8 Å². The van der Waals surface area contributed by atoms with Crippen LogP contribution in [0.1, 0.15) is 38.2 Å². The molecular weight excluding hydrogens is 174 g/mol. The Bertz CT molecular complexity index is 291. The van der Waals surface area contributed by atoms with Gasteiger partial charge in [0.05, 0.1) is 12.0 Å². The predicted octanol–water partition coefficient (Wildman–Crippen LogP) is 2.06. The molecule has 0 aromatic carbocycles. The lowest BCUT2D eigenvalue weighted by atomic mass is 10.1. The predicted molar refractivity (Wildman–Crippen MR) is 59.6 cm³/mol. The molecule has 1 rings (SSSR count). The molecule has 80 valence electrons. The van der Waals surface area contributed by atoms with Gasteiger partial charge in [0.2, 0.25) is 0 Å². The van der Waals surface area contributed by atoms with E-state index in [0.29, 0.717) is 12.1 Å². The number of rotatable bonds is 4. The third-order valence-corrected chi connectivity index (χ3v) is 2.98. The summed E-state index contributed by atoms with van der Waals surface area (Å²) in [6.07, 6.45) is 1.93. The standard InChI is InChI=1S/C11H21N3/c1-6-12-8(2)10(4)14-7-13-9(3)11(14)5/h7-8,10,12H,6H2,1-5H3. The highest BCUT2D eigenvalue weighted by atomic mass is 15.1. The van der Waals surface area contributed by atoms with Crippen LogP contribution >= 0.6 is 0 Å². The van der Waals surface area contributed by atoms with Crippen LogP contribution in [0.25, 0.3) is 0 Å². The molecule has 0 spiro atoms. The first-order valence-electron chi connectivity index (χ1n) is 5.31. The minimum Gasteiger partial charge on any atom is -0.330 e. The quantitative estimate of drug-likeness (QED) is 0.797. The summed E-state index contributed by atoms with van der Waals surface area (Å²) in [7, 11) is 0. The van der Waals surface area contributed by atoms with Gasteiger partial charge in [-0.25, -0.2) is 4.98 Å². The van der Waals surface area contributed by atoms with E-state index >= 15 is 0 Å². The molecule has 0 radical (unpaired) electrons. The molecule has 1 heterocycles. The summed E-state index contributed by atoms with van der Waals surface area (Å²) in [5.41, 5.74) is 2.39. The molecule has 0 saturated carbocycles. The number of aryl methyl sites for hydroxylation is 1. The first-order valence-corrected chi connectivity index (χ1v) is 5.31. The molecule has 0 fully saturated rings. The van der Waals surface area contributed by atoms with E-state index in [9.17, 15) is 0 Å². The van der Waals surface area contributed by atoms with E-state index in [1.165, 1.54) is 5.69 Å². The van der Waals surface area contributed by atoms with Gasteiger partial charge in [-0.05, 0) is 34.2 Å². The van der Waals surface area contributed by atoms with Crippen molar-refractivity contribution in [3.8, 4) is 0 Å². The van der Waals surface area contributed by atoms with E-state index in [-0.39, 0.29) is 0 Å². The maximum Gasteiger partial charge on any atom is 0.0954 e. The topological polar surface area (TPSA) is 29.9 Å². The minimum absolute atomic E-state index is 0.455. The van der Waals surface area contributed by atoms with Crippen LogP contribution < -0.4 is 5.32 Å². The third-order valence-electron chi connectivity index (χ3n) is 2.98. The Balaban J connectivity index is 2.78. The Kier molecular flexibility index (Phi) is 3.69. The average molecular weight is 195 g/mol. The van der Waals surface area contributed by atoms with Crippen LogP contribution in [0.5, 0.6) is 0 Å². The van der Waals surface area contributed by atoms with E-state index in [1.807, 2.05) is 6.33 Å². The highest BCUT2D eigenvalue weighted by molar-refractivity contribution is 5.10. The zero-order valence-corrected chi connectivity index (χ0v) is 9.83. The molecule has 1 aromatic heterocycles. The second-order valence-corrected chi connectivity index (χ2v) is 3.91. The van der Waals surface area contributed by atoms with E-state index < -0.39 is 0 Å². The molecule has 2 unspecified atom stereocenters. The molecule has 2 atom stereocenters. The van der Waals surface area contributed by atoms with Crippen LogP contribution in [0.2, 0.25) is 0 Å². The second kappa shape index (κ2) is 4.60. The van der Waals surface area contributed by atoms with Gasteiger partial charge >= 0.3 is 0 Å². The number of nitrogens with zero attached hydrogens (tertiary/aromatic N) is 2. The monoisotopic (exact) mass is 195 g/mol. The van der Waals surface area contributed by atoms with Gasteiger partial charge in [-0.1, -0.05) is 6.92 Å². The summed E-state index contributed by atoms with van der Waals surface area (Å²) in [6, 6.07) is 0.934. The lowest BCUT2D eigenvalue weighted by Gasteiger charge is -2.23. The molecule has 0 bridgehead atoms. The molecule has 14 heavy (non-hydrogen) atoms.